The van der Waals surface area contributed by atoms with Gasteiger partial charge >= 0.3 is 0 Å². The minimum Gasteiger partial charge on any atom is -0.483 e. The predicted molar refractivity (Wildman–Crippen MR) is 119 cm³/mol. The molecule has 0 spiro atoms. The lowest BCUT2D eigenvalue weighted by Crippen LogP contribution is -2.39. The van der Waals surface area contributed by atoms with E-state index in [0.717, 1.165) is 5.57 Å². The minimum absolute atomic E-state index is 0.305. The zero-order chi connectivity index (χ0) is 22.8. The summed E-state index contributed by atoms with van der Waals surface area (Å²) in [4.78, 5) is 25.4. The summed E-state index contributed by atoms with van der Waals surface area (Å²) in [6.07, 6.45) is 1.50. The van der Waals surface area contributed by atoms with Crippen molar-refractivity contribution < 1.29 is 13.9 Å². The summed E-state index contributed by atoms with van der Waals surface area (Å²) in [5, 5.41) is 2.84. The standard InChI is InChI=1S/C21H25FN4O2.C2H6/c1-12(2)19(16-8-7-9-17(22)10-16)26-21(28-6)14(4)25-20(27)18-11-23-15(5)24-13(18)3;1-2/h7-11,14H,1-6H3,(H,25,27);1-2H3. The minimum atomic E-state index is -0.513. The van der Waals surface area contributed by atoms with E-state index in [1.807, 2.05) is 27.7 Å². The molecule has 1 aromatic heterocycles. The van der Waals surface area contributed by atoms with Gasteiger partial charge in [0.2, 0.25) is 5.90 Å². The summed E-state index contributed by atoms with van der Waals surface area (Å²) in [7, 11) is 1.48. The Morgan fingerprint density at radius 3 is 2.43 bits per heavy atom. The maximum atomic E-state index is 13.6. The van der Waals surface area contributed by atoms with Crippen molar-refractivity contribution in [3.63, 3.8) is 0 Å². The van der Waals surface area contributed by atoms with Crippen LogP contribution in [0.25, 0.3) is 5.70 Å². The van der Waals surface area contributed by atoms with E-state index in [2.05, 4.69) is 20.3 Å². The summed E-state index contributed by atoms with van der Waals surface area (Å²) in [5.74, 6) is 0.241. The number of carbonyl (C=O) groups excluding carboxylic acids is 1. The van der Waals surface area contributed by atoms with Crippen LogP contribution in [0.2, 0.25) is 0 Å². The van der Waals surface area contributed by atoms with Gasteiger partial charge in [-0.15, -0.1) is 0 Å². The molecule has 1 amide bonds. The van der Waals surface area contributed by atoms with Crippen LogP contribution in [0, 0.1) is 19.7 Å². The van der Waals surface area contributed by atoms with Crippen LogP contribution in [0.5, 0.6) is 0 Å². The molecule has 0 saturated carbocycles. The number of halogens is 1. The summed E-state index contributed by atoms with van der Waals surface area (Å²) in [6, 6.07) is 5.68. The van der Waals surface area contributed by atoms with Gasteiger partial charge < -0.3 is 10.1 Å². The molecular weight excluding hydrogens is 383 g/mol. The molecule has 1 atom stereocenters. The monoisotopic (exact) mass is 414 g/mol. The molecule has 2 rings (SSSR count). The van der Waals surface area contributed by atoms with Crippen molar-refractivity contribution >= 4 is 17.5 Å². The van der Waals surface area contributed by atoms with Crippen molar-refractivity contribution in [1.82, 2.24) is 15.3 Å². The lowest BCUT2D eigenvalue weighted by molar-refractivity contribution is 0.0944. The Morgan fingerprint density at radius 2 is 1.90 bits per heavy atom. The molecule has 1 heterocycles. The van der Waals surface area contributed by atoms with E-state index < -0.39 is 6.04 Å². The van der Waals surface area contributed by atoms with E-state index >= 15 is 0 Å². The number of nitrogens with zero attached hydrogens (tertiary/aromatic N) is 3. The molecule has 0 radical (unpaired) electrons. The number of amides is 1. The van der Waals surface area contributed by atoms with E-state index in [1.165, 1.54) is 25.4 Å². The first-order chi connectivity index (χ1) is 14.2. The normalized spacial score (nSPS) is 11.7. The van der Waals surface area contributed by atoms with Crippen LogP contribution in [-0.2, 0) is 4.74 Å². The molecule has 7 heteroatoms. The molecule has 2 aromatic rings. The van der Waals surface area contributed by atoms with Crippen LogP contribution < -0.4 is 5.32 Å². The Bertz CT molecular complexity index is 935. The van der Waals surface area contributed by atoms with Gasteiger partial charge in [0, 0.05) is 11.8 Å². The van der Waals surface area contributed by atoms with Crippen molar-refractivity contribution in [2.45, 2.75) is 54.5 Å². The van der Waals surface area contributed by atoms with Crippen molar-refractivity contribution in [3.05, 3.63) is 64.5 Å². The Morgan fingerprint density at radius 1 is 1.23 bits per heavy atom. The second-order valence-corrected chi connectivity index (χ2v) is 6.62. The number of aromatic nitrogens is 2. The van der Waals surface area contributed by atoms with Crippen molar-refractivity contribution in [2.75, 3.05) is 7.11 Å². The number of rotatable bonds is 5. The largest absolute Gasteiger partial charge is 0.483 e. The Labute approximate surface area is 178 Å². The van der Waals surface area contributed by atoms with Gasteiger partial charge in [-0.05, 0) is 52.3 Å². The van der Waals surface area contributed by atoms with Crippen molar-refractivity contribution in [2.24, 2.45) is 4.99 Å². The smallest absolute Gasteiger partial charge is 0.255 e. The maximum Gasteiger partial charge on any atom is 0.255 e. The third-order valence-corrected chi connectivity index (χ3v) is 4.07. The molecule has 0 saturated heterocycles. The van der Waals surface area contributed by atoms with Crippen LogP contribution in [0.15, 0.2) is 41.0 Å². The number of allylic oxidation sites excluding steroid dienone is 1. The number of methoxy groups -OCH3 is 1. The van der Waals surface area contributed by atoms with Gasteiger partial charge in [0.15, 0.2) is 0 Å². The number of hydrogen-bond acceptors (Lipinski definition) is 5. The van der Waals surface area contributed by atoms with Gasteiger partial charge in [-0.1, -0.05) is 26.0 Å². The van der Waals surface area contributed by atoms with Crippen LogP contribution >= 0.6 is 0 Å². The van der Waals surface area contributed by atoms with Crippen LogP contribution in [0.3, 0.4) is 0 Å². The zero-order valence-corrected chi connectivity index (χ0v) is 19.0. The Balaban J connectivity index is 0.00000218. The number of aliphatic imine (C=N–C) groups is 1. The van der Waals surface area contributed by atoms with Gasteiger partial charge in [0.05, 0.1) is 24.1 Å². The number of hydrogen-bond donors (Lipinski definition) is 1. The van der Waals surface area contributed by atoms with E-state index in [9.17, 15) is 9.18 Å². The molecule has 0 aliphatic carbocycles. The first-order valence-corrected chi connectivity index (χ1v) is 9.90. The fraction of sp³-hybridized carbons (Fsp3) is 0.391. The number of nitrogens with one attached hydrogen (secondary N) is 1. The van der Waals surface area contributed by atoms with E-state index in [-0.39, 0.29) is 11.7 Å². The summed E-state index contributed by atoms with van der Waals surface area (Å²) in [6.45, 7) is 13.0. The Hall–Kier alpha value is -3.09. The summed E-state index contributed by atoms with van der Waals surface area (Å²) < 4.78 is 19.0. The number of carbonyl (C=O) groups is 1. The first-order valence-electron chi connectivity index (χ1n) is 9.90. The third-order valence-electron chi connectivity index (χ3n) is 4.07. The van der Waals surface area contributed by atoms with E-state index in [0.29, 0.717) is 34.2 Å². The molecule has 1 unspecified atom stereocenters. The molecule has 30 heavy (non-hydrogen) atoms. The lowest BCUT2D eigenvalue weighted by atomic mass is 10.1. The molecule has 162 valence electrons. The fourth-order valence-electron chi connectivity index (χ4n) is 2.67. The van der Waals surface area contributed by atoms with Crippen LogP contribution in [0.1, 0.15) is 62.1 Å². The van der Waals surface area contributed by atoms with Crippen LogP contribution in [-0.4, -0.2) is 34.9 Å². The second-order valence-electron chi connectivity index (χ2n) is 6.62. The summed E-state index contributed by atoms with van der Waals surface area (Å²) >= 11 is 0. The Kier molecular flexibility index (Phi) is 9.81. The highest BCUT2D eigenvalue weighted by Crippen LogP contribution is 2.22. The number of aryl methyl sites for hydroxylation is 2. The molecule has 0 fully saturated rings. The number of ether oxygens (including phenoxy) is 1. The topological polar surface area (TPSA) is 76.5 Å². The molecule has 0 aliphatic heterocycles. The highest BCUT2D eigenvalue weighted by molar-refractivity contribution is 5.98. The molecule has 6 nitrogen and oxygen atoms in total. The van der Waals surface area contributed by atoms with Gasteiger partial charge in [-0.2, -0.15) is 0 Å². The molecule has 1 N–H and O–H groups in total. The van der Waals surface area contributed by atoms with Gasteiger partial charge in [0.25, 0.3) is 5.91 Å². The average Bonchev–Trinajstić information content (AvgIpc) is 2.69. The van der Waals surface area contributed by atoms with Gasteiger partial charge in [-0.25, -0.2) is 19.4 Å². The van der Waals surface area contributed by atoms with E-state index in [1.54, 1.807) is 32.9 Å². The molecule has 0 bridgehead atoms. The van der Waals surface area contributed by atoms with Gasteiger partial charge in [-0.3, -0.25) is 4.79 Å². The highest BCUT2D eigenvalue weighted by Gasteiger charge is 2.19. The predicted octanol–water partition coefficient (Wildman–Crippen LogP) is 4.87. The highest BCUT2D eigenvalue weighted by atomic mass is 19.1. The van der Waals surface area contributed by atoms with E-state index in [4.69, 9.17) is 4.74 Å². The average molecular weight is 415 g/mol. The lowest BCUT2D eigenvalue weighted by Gasteiger charge is -2.17. The first kappa shape index (κ1) is 24.9. The molecular formula is C23H31FN4O2. The quantitative estimate of drug-likeness (QED) is 0.559. The fourth-order valence-corrected chi connectivity index (χ4v) is 2.67. The van der Waals surface area contributed by atoms with Crippen LogP contribution in [0.4, 0.5) is 4.39 Å². The zero-order valence-electron chi connectivity index (χ0n) is 19.0. The number of benzene rings is 1. The molecule has 0 aliphatic rings. The van der Waals surface area contributed by atoms with Crippen molar-refractivity contribution in [1.29, 1.82) is 0 Å². The third kappa shape index (κ3) is 6.76. The SMILES string of the molecule is CC.COC(=NC(=C(C)C)c1cccc(F)c1)C(C)NC(=O)c1cnc(C)nc1C. The second kappa shape index (κ2) is 11.8. The van der Waals surface area contributed by atoms with Crippen molar-refractivity contribution in [3.8, 4) is 0 Å². The summed E-state index contributed by atoms with van der Waals surface area (Å²) in [5.41, 5.74) is 3.10. The van der Waals surface area contributed by atoms with Gasteiger partial charge in [0.1, 0.15) is 17.7 Å². The molecule has 1 aromatic carbocycles. The maximum absolute atomic E-state index is 13.6.